The van der Waals surface area contributed by atoms with Crippen LogP contribution < -0.4 is 0 Å². The van der Waals surface area contributed by atoms with Crippen molar-refractivity contribution >= 4 is 5.97 Å². The van der Waals surface area contributed by atoms with E-state index in [1.807, 2.05) is 0 Å². The molecule has 0 spiro atoms. The Morgan fingerprint density at radius 2 is 1.68 bits per heavy atom. The molecule has 0 heterocycles. The molecule has 2 N–H and O–H groups in total. The third kappa shape index (κ3) is 15.3. The molecule has 0 aliphatic carbocycles. The number of carbonyl (C=O) groups is 1. The zero-order chi connectivity index (χ0) is 16.5. The fraction of sp³-hybridized carbons (Fsp3) is 0.722. The van der Waals surface area contributed by atoms with Crippen LogP contribution in [0.15, 0.2) is 24.3 Å². The van der Waals surface area contributed by atoms with Crippen LogP contribution in [0, 0.1) is 0 Å². The number of carboxylic acids is 1. The lowest BCUT2D eigenvalue weighted by Crippen LogP contribution is -2.10. The monoisotopic (exact) mass is 312 g/mol. The first kappa shape index (κ1) is 20.9. The van der Waals surface area contributed by atoms with E-state index in [0.717, 1.165) is 64.2 Å². The van der Waals surface area contributed by atoms with E-state index >= 15 is 0 Å². The second-order valence-corrected chi connectivity index (χ2v) is 5.59. The van der Waals surface area contributed by atoms with Gasteiger partial charge in [0, 0.05) is 6.42 Å². The fourth-order valence-electron chi connectivity index (χ4n) is 2.27. The maximum absolute atomic E-state index is 10.4. The van der Waals surface area contributed by atoms with Crippen LogP contribution in [0.1, 0.15) is 77.6 Å². The predicted octanol–water partition coefficient (Wildman–Crippen LogP) is 5.35. The van der Waals surface area contributed by atoms with Crippen LogP contribution in [0.5, 0.6) is 0 Å². The van der Waals surface area contributed by atoms with Crippen molar-refractivity contribution in [2.45, 2.75) is 83.7 Å². The lowest BCUT2D eigenvalue weighted by atomic mass is 10.0. The van der Waals surface area contributed by atoms with Gasteiger partial charge in [0.15, 0.2) is 0 Å². The molecule has 0 rings (SSSR count). The molecule has 22 heavy (non-hydrogen) atoms. The third-order valence-electron chi connectivity index (χ3n) is 3.56. The molecule has 1 atom stereocenters. The molecule has 0 aromatic heterocycles. The second kappa shape index (κ2) is 16.2. The molecule has 0 saturated carbocycles. The van der Waals surface area contributed by atoms with Crippen molar-refractivity contribution in [2.24, 2.45) is 0 Å². The van der Waals surface area contributed by atoms with Crippen molar-refractivity contribution in [2.75, 3.05) is 0 Å². The molecule has 0 amide bonds. The van der Waals surface area contributed by atoms with Crippen LogP contribution in [0.3, 0.4) is 0 Å². The molecular weight excluding hydrogens is 280 g/mol. The molecule has 4 heteroatoms. The molecular formula is C18H32O4. The smallest absolute Gasteiger partial charge is 0.303 e. The van der Waals surface area contributed by atoms with Gasteiger partial charge in [0.2, 0.25) is 0 Å². The Hall–Kier alpha value is -1.13. The number of carboxylic acid groups (broad SMARTS) is 1. The van der Waals surface area contributed by atoms with Gasteiger partial charge in [-0.05, 0) is 38.5 Å². The van der Waals surface area contributed by atoms with E-state index < -0.39 is 5.97 Å². The van der Waals surface area contributed by atoms with Crippen molar-refractivity contribution < 1.29 is 20.0 Å². The van der Waals surface area contributed by atoms with E-state index in [1.54, 1.807) is 0 Å². The zero-order valence-electron chi connectivity index (χ0n) is 13.9. The molecule has 4 nitrogen and oxygen atoms in total. The van der Waals surface area contributed by atoms with E-state index in [-0.39, 0.29) is 12.5 Å². The van der Waals surface area contributed by atoms with Crippen molar-refractivity contribution in [3.05, 3.63) is 24.3 Å². The van der Waals surface area contributed by atoms with Crippen molar-refractivity contribution in [1.29, 1.82) is 0 Å². The normalized spacial score (nSPS) is 13.2. The van der Waals surface area contributed by atoms with Crippen LogP contribution in [0.4, 0.5) is 0 Å². The lowest BCUT2D eigenvalue weighted by Gasteiger charge is -2.11. The summed E-state index contributed by atoms with van der Waals surface area (Å²) in [6, 6.07) is 0. The summed E-state index contributed by atoms with van der Waals surface area (Å²) in [4.78, 5) is 14.9. The summed E-state index contributed by atoms with van der Waals surface area (Å²) in [5, 5.41) is 17.4. The van der Waals surface area contributed by atoms with Gasteiger partial charge in [-0.25, -0.2) is 4.89 Å². The van der Waals surface area contributed by atoms with Crippen LogP contribution in [0.25, 0.3) is 0 Å². The number of aliphatic carboxylic acids is 1. The molecule has 0 aromatic rings. The van der Waals surface area contributed by atoms with Crippen LogP contribution in [0.2, 0.25) is 0 Å². The molecule has 0 saturated heterocycles. The Bertz CT molecular complexity index is 310. The minimum absolute atomic E-state index is 0.0881. The standard InChI is InChI=1S/C18H32O4/c1-2-3-4-5-6-8-11-14-17(22-21)15-12-9-7-10-13-16-18(19)20/h3-4,6,8,17,21H,2,5,7,9-16H2,1H3,(H,19,20)/b4-3?,8-6-. The second-order valence-electron chi connectivity index (χ2n) is 5.59. The zero-order valence-corrected chi connectivity index (χ0v) is 13.9. The van der Waals surface area contributed by atoms with Gasteiger partial charge in [0.05, 0.1) is 6.10 Å². The summed E-state index contributed by atoms with van der Waals surface area (Å²) in [6.07, 6.45) is 18.3. The molecule has 0 aromatic carbocycles. The fourth-order valence-corrected chi connectivity index (χ4v) is 2.27. The number of rotatable bonds is 15. The van der Waals surface area contributed by atoms with Gasteiger partial charge in [0.1, 0.15) is 0 Å². The topological polar surface area (TPSA) is 66.8 Å². The summed E-state index contributed by atoms with van der Waals surface area (Å²) in [5.41, 5.74) is 0. The Labute approximate surface area is 134 Å². The van der Waals surface area contributed by atoms with Crippen LogP contribution >= 0.6 is 0 Å². The van der Waals surface area contributed by atoms with Crippen molar-refractivity contribution in [3.63, 3.8) is 0 Å². The highest BCUT2D eigenvalue weighted by Crippen LogP contribution is 2.13. The Kier molecular flexibility index (Phi) is 15.4. The van der Waals surface area contributed by atoms with E-state index in [1.165, 1.54) is 0 Å². The highest BCUT2D eigenvalue weighted by Gasteiger charge is 2.07. The first-order valence-electron chi connectivity index (χ1n) is 8.52. The SMILES string of the molecule is CCC=CC/C=C\CCC(CCCCCCCC(=O)O)OO. The average Bonchev–Trinajstić information content (AvgIpc) is 2.50. The number of hydrogen-bond acceptors (Lipinski definition) is 3. The van der Waals surface area contributed by atoms with E-state index in [2.05, 4.69) is 36.1 Å². The first-order chi connectivity index (χ1) is 10.7. The lowest BCUT2D eigenvalue weighted by molar-refractivity contribution is -0.281. The average molecular weight is 312 g/mol. The van der Waals surface area contributed by atoms with Gasteiger partial charge in [-0.15, -0.1) is 0 Å². The molecule has 0 aliphatic rings. The third-order valence-corrected chi connectivity index (χ3v) is 3.56. The number of hydrogen-bond donors (Lipinski definition) is 2. The highest BCUT2D eigenvalue weighted by atomic mass is 17.1. The van der Waals surface area contributed by atoms with Crippen molar-refractivity contribution in [1.82, 2.24) is 0 Å². The van der Waals surface area contributed by atoms with E-state index in [0.29, 0.717) is 0 Å². The minimum Gasteiger partial charge on any atom is -0.481 e. The van der Waals surface area contributed by atoms with Gasteiger partial charge in [-0.1, -0.05) is 56.9 Å². The Balaban J connectivity index is 3.50. The summed E-state index contributed by atoms with van der Waals surface area (Å²) >= 11 is 0. The maximum atomic E-state index is 10.4. The first-order valence-corrected chi connectivity index (χ1v) is 8.52. The van der Waals surface area contributed by atoms with Gasteiger partial charge >= 0.3 is 5.97 Å². The predicted molar refractivity (Wildman–Crippen MR) is 89.9 cm³/mol. The van der Waals surface area contributed by atoms with Gasteiger partial charge in [0.25, 0.3) is 0 Å². The van der Waals surface area contributed by atoms with Crippen molar-refractivity contribution in [3.8, 4) is 0 Å². The Morgan fingerprint density at radius 1 is 1.00 bits per heavy atom. The van der Waals surface area contributed by atoms with Crippen LogP contribution in [-0.4, -0.2) is 22.4 Å². The number of allylic oxidation sites excluding steroid dienone is 4. The molecule has 1 unspecified atom stereocenters. The molecule has 0 bridgehead atoms. The molecule has 0 radical (unpaired) electrons. The van der Waals surface area contributed by atoms with E-state index in [9.17, 15) is 4.79 Å². The quantitative estimate of drug-likeness (QED) is 0.185. The van der Waals surface area contributed by atoms with Gasteiger partial charge in [-0.2, -0.15) is 0 Å². The largest absolute Gasteiger partial charge is 0.481 e. The van der Waals surface area contributed by atoms with Gasteiger partial charge < -0.3 is 5.11 Å². The van der Waals surface area contributed by atoms with Gasteiger partial charge in [-0.3, -0.25) is 10.1 Å². The molecule has 128 valence electrons. The van der Waals surface area contributed by atoms with Crippen LogP contribution in [-0.2, 0) is 9.68 Å². The summed E-state index contributed by atoms with van der Waals surface area (Å²) < 4.78 is 0. The summed E-state index contributed by atoms with van der Waals surface area (Å²) in [7, 11) is 0. The molecule has 0 fully saturated rings. The summed E-state index contributed by atoms with van der Waals surface area (Å²) in [6.45, 7) is 2.12. The summed E-state index contributed by atoms with van der Waals surface area (Å²) in [5.74, 6) is -0.716. The number of unbranched alkanes of at least 4 members (excludes halogenated alkanes) is 4. The van der Waals surface area contributed by atoms with E-state index in [4.69, 9.17) is 10.4 Å². The Morgan fingerprint density at radius 3 is 2.36 bits per heavy atom. The minimum atomic E-state index is -0.716. The maximum Gasteiger partial charge on any atom is 0.303 e. The molecule has 0 aliphatic heterocycles. The highest BCUT2D eigenvalue weighted by molar-refractivity contribution is 5.66.